The molecule has 1 aliphatic heterocycles. The van der Waals surface area contributed by atoms with Gasteiger partial charge in [-0.3, -0.25) is 19.8 Å². The third-order valence-corrected chi connectivity index (χ3v) is 5.15. The second-order valence-electron chi connectivity index (χ2n) is 7.86. The molecule has 2 aromatic carbocycles. The first-order valence-electron chi connectivity index (χ1n) is 11.6. The lowest BCUT2D eigenvalue weighted by Gasteiger charge is -2.26. The molecule has 11 nitrogen and oxygen atoms in total. The molecule has 11 heteroatoms. The summed E-state index contributed by atoms with van der Waals surface area (Å²) in [5.41, 5.74) is 0.755. The third kappa shape index (κ3) is 6.78. The first kappa shape index (κ1) is 27.1. The number of rotatable bonds is 12. The van der Waals surface area contributed by atoms with Gasteiger partial charge >= 0.3 is 12.0 Å². The number of imide groups is 2. The number of ether oxygens (including phenoxy) is 4. The summed E-state index contributed by atoms with van der Waals surface area (Å²) in [6.45, 7) is 3.84. The molecular formula is C26H28N2O9. The summed E-state index contributed by atoms with van der Waals surface area (Å²) in [7, 11) is 1.49. The number of nitrogens with zero attached hydrogens (tertiary/aromatic N) is 1. The van der Waals surface area contributed by atoms with E-state index >= 15 is 0 Å². The number of hydrogen-bond donors (Lipinski definition) is 2. The molecule has 2 aromatic rings. The zero-order valence-electron chi connectivity index (χ0n) is 20.7. The number of methoxy groups -OCH3 is 1. The average molecular weight is 513 g/mol. The van der Waals surface area contributed by atoms with Gasteiger partial charge in [0.25, 0.3) is 11.8 Å². The average Bonchev–Trinajstić information content (AvgIpc) is 2.87. The summed E-state index contributed by atoms with van der Waals surface area (Å²) in [4.78, 5) is 49.9. The molecule has 0 bridgehead atoms. The quantitative estimate of drug-likeness (QED) is 0.324. The maximum Gasteiger partial charge on any atom is 0.341 e. The minimum absolute atomic E-state index is 0.105. The molecule has 0 atom stereocenters. The summed E-state index contributed by atoms with van der Waals surface area (Å²) in [6.07, 6.45) is 2.14. The highest BCUT2D eigenvalue weighted by Crippen LogP contribution is 2.31. The summed E-state index contributed by atoms with van der Waals surface area (Å²) in [5.74, 6) is -1.33. The zero-order valence-corrected chi connectivity index (χ0v) is 20.7. The number of nitrogens with one attached hydrogen (secondary N) is 1. The van der Waals surface area contributed by atoms with Gasteiger partial charge in [-0.05, 0) is 54.8 Å². The van der Waals surface area contributed by atoms with Crippen LogP contribution in [-0.2, 0) is 20.9 Å². The topological polar surface area (TPSA) is 141 Å². The van der Waals surface area contributed by atoms with Crippen molar-refractivity contribution in [3.05, 3.63) is 53.1 Å². The second kappa shape index (κ2) is 12.4. The number of carbonyl (C=O) groups is 4. The van der Waals surface area contributed by atoms with Crippen molar-refractivity contribution >= 4 is 29.9 Å². The molecule has 4 amide bonds. The van der Waals surface area contributed by atoms with E-state index in [1.807, 2.05) is 6.92 Å². The molecule has 1 saturated heterocycles. The first-order valence-corrected chi connectivity index (χ1v) is 11.6. The Balaban J connectivity index is 1.86. The lowest BCUT2D eigenvalue weighted by molar-refractivity contribution is -0.139. The number of carbonyl (C=O) groups excluding carboxylic acids is 3. The van der Waals surface area contributed by atoms with Crippen molar-refractivity contribution in [3.8, 4) is 23.0 Å². The monoisotopic (exact) mass is 512 g/mol. The Morgan fingerprint density at radius 1 is 0.973 bits per heavy atom. The van der Waals surface area contributed by atoms with E-state index in [2.05, 4.69) is 5.32 Å². The molecule has 1 heterocycles. The molecule has 1 aliphatic rings. The van der Waals surface area contributed by atoms with Crippen molar-refractivity contribution in [2.45, 2.75) is 26.8 Å². The first-order chi connectivity index (χ1) is 17.8. The molecule has 0 aliphatic carbocycles. The Hall–Kier alpha value is -4.54. The predicted molar refractivity (Wildman–Crippen MR) is 132 cm³/mol. The fourth-order valence-corrected chi connectivity index (χ4v) is 3.47. The van der Waals surface area contributed by atoms with Crippen LogP contribution in [0, 0.1) is 0 Å². The fourth-order valence-electron chi connectivity index (χ4n) is 3.47. The van der Waals surface area contributed by atoms with E-state index in [1.165, 1.54) is 31.4 Å². The second-order valence-corrected chi connectivity index (χ2v) is 7.86. The van der Waals surface area contributed by atoms with Gasteiger partial charge in [0.15, 0.2) is 29.6 Å². The van der Waals surface area contributed by atoms with Crippen LogP contribution in [0.4, 0.5) is 4.79 Å². The number of carboxylic acid groups (broad SMARTS) is 1. The van der Waals surface area contributed by atoms with E-state index in [9.17, 15) is 19.2 Å². The summed E-state index contributed by atoms with van der Waals surface area (Å²) in [6, 6.07) is 8.74. The molecule has 0 radical (unpaired) electrons. The number of benzene rings is 2. The standard InChI is InChI=1S/C26H28N2O9/c1-4-10-36-19-9-7-17(13-21(19)34-3)14-28-25(32)18(24(31)27-26(28)33)11-16-6-8-20(37-15-23(29)30)22(12-16)35-5-2/h6-9,11-13H,4-5,10,14-15H2,1-3H3,(H,29,30)(H,27,31,33)/b18-11+. The van der Waals surface area contributed by atoms with Gasteiger partial charge in [-0.15, -0.1) is 0 Å². The fraction of sp³-hybridized carbons (Fsp3) is 0.308. The molecular weight excluding hydrogens is 484 g/mol. The van der Waals surface area contributed by atoms with Crippen molar-refractivity contribution in [3.63, 3.8) is 0 Å². The molecule has 2 N–H and O–H groups in total. The van der Waals surface area contributed by atoms with Crippen molar-refractivity contribution < 1.29 is 43.2 Å². The van der Waals surface area contributed by atoms with Crippen molar-refractivity contribution in [2.75, 3.05) is 26.9 Å². The van der Waals surface area contributed by atoms with Crippen LogP contribution in [0.25, 0.3) is 6.08 Å². The Kier molecular flexibility index (Phi) is 9.09. The Morgan fingerprint density at radius 3 is 2.38 bits per heavy atom. The van der Waals surface area contributed by atoms with Gasteiger partial charge in [0.1, 0.15) is 5.57 Å². The molecule has 3 rings (SSSR count). The van der Waals surface area contributed by atoms with Gasteiger partial charge in [-0.25, -0.2) is 9.59 Å². The zero-order chi connectivity index (χ0) is 26.9. The van der Waals surface area contributed by atoms with Crippen LogP contribution in [0.5, 0.6) is 23.0 Å². The number of barbiturate groups is 1. The maximum absolute atomic E-state index is 13.2. The highest BCUT2D eigenvalue weighted by molar-refractivity contribution is 6.30. The minimum atomic E-state index is -1.15. The van der Waals surface area contributed by atoms with Crippen molar-refractivity contribution in [1.29, 1.82) is 0 Å². The van der Waals surface area contributed by atoms with Gasteiger partial charge in [0, 0.05) is 0 Å². The van der Waals surface area contributed by atoms with Crippen molar-refractivity contribution in [2.24, 2.45) is 0 Å². The van der Waals surface area contributed by atoms with Gasteiger partial charge in [0.05, 0.1) is 26.9 Å². The van der Waals surface area contributed by atoms with Crippen LogP contribution in [0.15, 0.2) is 42.0 Å². The Labute approximate surface area is 213 Å². The molecule has 196 valence electrons. The molecule has 0 spiro atoms. The van der Waals surface area contributed by atoms with E-state index in [-0.39, 0.29) is 30.2 Å². The largest absolute Gasteiger partial charge is 0.493 e. The van der Waals surface area contributed by atoms with E-state index < -0.39 is 30.4 Å². The Morgan fingerprint density at radius 2 is 1.70 bits per heavy atom. The predicted octanol–water partition coefficient (Wildman–Crippen LogP) is 3.01. The van der Waals surface area contributed by atoms with Gasteiger partial charge < -0.3 is 24.1 Å². The third-order valence-electron chi connectivity index (χ3n) is 5.15. The summed E-state index contributed by atoms with van der Waals surface area (Å²) < 4.78 is 21.7. The summed E-state index contributed by atoms with van der Waals surface area (Å²) in [5, 5.41) is 11.0. The smallest absolute Gasteiger partial charge is 0.341 e. The molecule has 0 unspecified atom stereocenters. The van der Waals surface area contributed by atoms with Crippen LogP contribution in [0.1, 0.15) is 31.4 Å². The highest BCUT2D eigenvalue weighted by Gasteiger charge is 2.36. The van der Waals surface area contributed by atoms with E-state index in [4.69, 9.17) is 24.1 Å². The van der Waals surface area contributed by atoms with E-state index in [1.54, 1.807) is 25.1 Å². The van der Waals surface area contributed by atoms with Crippen LogP contribution in [0.2, 0.25) is 0 Å². The van der Waals surface area contributed by atoms with Crippen LogP contribution >= 0.6 is 0 Å². The van der Waals surface area contributed by atoms with Crippen LogP contribution in [-0.4, -0.2) is 60.8 Å². The maximum atomic E-state index is 13.2. The van der Waals surface area contributed by atoms with Crippen LogP contribution < -0.4 is 24.3 Å². The number of hydrogen-bond acceptors (Lipinski definition) is 8. The van der Waals surface area contributed by atoms with Gasteiger partial charge in [0.2, 0.25) is 0 Å². The SMILES string of the molecule is CCCOc1ccc(CN2C(=O)NC(=O)/C(=C\c3ccc(OCC(=O)O)c(OCC)c3)C2=O)cc1OC. The number of amides is 4. The number of carboxylic acids is 1. The summed E-state index contributed by atoms with van der Waals surface area (Å²) >= 11 is 0. The van der Waals surface area contributed by atoms with E-state index in [0.717, 1.165) is 11.3 Å². The van der Waals surface area contributed by atoms with E-state index in [0.29, 0.717) is 29.2 Å². The Bertz CT molecular complexity index is 1220. The molecule has 0 saturated carbocycles. The molecule has 37 heavy (non-hydrogen) atoms. The lowest BCUT2D eigenvalue weighted by atomic mass is 10.1. The highest BCUT2D eigenvalue weighted by atomic mass is 16.5. The molecule has 0 aromatic heterocycles. The van der Waals surface area contributed by atoms with Gasteiger partial charge in [-0.2, -0.15) is 0 Å². The molecule has 1 fully saturated rings. The normalized spacial score (nSPS) is 14.4. The van der Waals surface area contributed by atoms with Crippen LogP contribution in [0.3, 0.4) is 0 Å². The van der Waals surface area contributed by atoms with Crippen molar-refractivity contribution in [1.82, 2.24) is 10.2 Å². The van der Waals surface area contributed by atoms with Gasteiger partial charge in [-0.1, -0.05) is 19.1 Å². The minimum Gasteiger partial charge on any atom is -0.493 e. The number of aliphatic carboxylic acids is 1. The number of urea groups is 1. The lowest BCUT2D eigenvalue weighted by Crippen LogP contribution is -2.53.